The Hall–Kier alpha value is -1.64. The summed E-state index contributed by atoms with van der Waals surface area (Å²) < 4.78 is 0.919. The van der Waals surface area contributed by atoms with E-state index in [-0.39, 0.29) is 5.91 Å². The minimum atomic E-state index is -0.852. The van der Waals surface area contributed by atoms with E-state index in [0.717, 1.165) is 16.6 Å². The maximum absolute atomic E-state index is 12.1. The van der Waals surface area contributed by atoms with Crippen LogP contribution in [0.3, 0.4) is 0 Å². The molecule has 1 aromatic carbocycles. The van der Waals surface area contributed by atoms with E-state index in [1.807, 2.05) is 12.1 Å². The lowest BCUT2D eigenvalue weighted by molar-refractivity contribution is -0.126. The van der Waals surface area contributed by atoms with Crippen LogP contribution in [0.15, 0.2) is 18.2 Å². The molecule has 1 aliphatic rings. The molecule has 1 fully saturated rings. The zero-order chi connectivity index (χ0) is 13.5. The molecule has 3 rings (SSSR count). The summed E-state index contributed by atoms with van der Waals surface area (Å²) in [5.74, 6) is -0.244. The van der Waals surface area contributed by atoms with Crippen LogP contribution in [0.2, 0.25) is 5.02 Å². The van der Waals surface area contributed by atoms with E-state index >= 15 is 0 Å². The highest BCUT2D eigenvalue weighted by atomic mass is 35.5. The Kier molecular flexibility index (Phi) is 2.92. The van der Waals surface area contributed by atoms with E-state index in [0.29, 0.717) is 23.0 Å². The zero-order valence-electron chi connectivity index (χ0n) is 9.94. The highest BCUT2D eigenvalue weighted by molar-refractivity contribution is 7.22. The van der Waals surface area contributed by atoms with Crippen molar-refractivity contribution >= 4 is 44.2 Å². The van der Waals surface area contributed by atoms with Gasteiger partial charge in [0, 0.05) is 5.02 Å². The predicted molar refractivity (Wildman–Crippen MR) is 75.2 cm³/mol. The molecule has 4 nitrogen and oxygen atoms in total. The summed E-state index contributed by atoms with van der Waals surface area (Å²) in [5.41, 5.74) is -0.0560. The van der Waals surface area contributed by atoms with Crippen LogP contribution < -0.4 is 5.32 Å². The van der Waals surface area contributed by atoms with Gasteiger partial charge < -0.3 is 5.32 Å². The Bertz CT molecular complexity index is 699. The van der Waals surface area contributed by atoms with E-state index in [2.05, 4.69) is 16.4 Å². The van der Waals surface area contributed by atoms with Crippen LogP contribution in [0, 0.1) is 16.7 Å². The lowest BCUT2D eigenvalue weighted by Crippen LogP contribution is -2.40. The Balaban J connectivity index is 1.86. The van der Waals surface area contributed by atoms with Crippen molar-refractivity contribution in [3.05, 3.63) is 23.2 Å². The summed E-state index contributed by atoms with van der Waals surface area (Å²) in [5, 5.41) is 13.0. The van der Waals surface area contributed by atoms with Gasteiger partial charge in [-0.25, -0.2) is 4.98 Å². The molecule has 1 aromatic heterocycles. The maximum Gasteiger partial charge on any atom is 0.246 e. The highest BCUT2D eigenvalue weighted by Crippen LogP contribution is 2.41. The SMILES string of the molecule is N#CC1(C(=O)Nc2nc3ccc(Cl)cc3s2)CCC1. The van der Waals surface area contributed by atoms with Crippen LogP contribution in [0.4, 0.5) is 5.13 Å². The molecule has 0 spiro atoms. The molecule has 0 unspecified atom stereocenters. The molecular formula is C13H10ClN3OS. The van der Waals surface area contributed by atoms with Crippen LogP contribution in [-0.4, -0.2) is 10.9 Å². The smallest absolute Gasteiger partial charge is 0.246 e. The number of amides is 1. The number of aromatic nitrogens is 1. The zero-order valence-corrected chi connectivity index (χ0v) is 11.5. The van der Waals surface area contributed by atoms with Crippen LogP contribution in [0.5, 0.6) is 0 Å². The average molecular weight is 292 g/mol. The van der Waals surface area contributed by atoms with Gasteiger partial charge in [-0.1, -0.05) is 22.9 Å². The Labute approximate surface area is 119 Å². The van der Waals surface area contributed by atoms with Gasteiger partial charge in [0.1, 0.15) is 5.41 Å². The van der Waals surface area contributed by atoms with Crippen molar-refractivity contribution in [2.45, 2.75) is 19.3 Å². The Morgan fingerprint density at radius 3 is 2.95 bits per heavy atom. The van der Waals surface area contributed by atoms with E-state index in [9.17, 15) is 4.79 Å². The lowest BCUT2D eigenvalue weighted by atomic mass is 9.69. The van der Waals surface area contributed by atoms with Crippen molar-refractivity contribution in [1.82, 2.24) is 4.98 Å². The highest BCUT2D eigenvalue weighted by Gasteiger charge is 2.44. The summed E-state index contributed by atoms with van der Waals surface area (Å²) in [7, 11) is 0. The number of benzene rings is 1. The lowest BCUT2D eigenvalue weighted by Gasteiger charge is -2.32. The summed E-state index contributed by atoms with van der Waals surface area (Å²) >= 11 is 7.27. The predicted octanol–water partition coefficient (Wildman–Crippen LogP) is 3.58. The van der Waals surface area contributed by atoms with Crippen molar-refractivity contribution in [2.24, 2.45) is 5.41 Å². The molecule has 2 aromatic rings. The fraction of sp³-hybridized carbons (Fsp3) is 0.308. The number of fused-ring (bicyclic) bond motifs is 1. The first-order valence-electron chi connectivity index (χ1n) is 5.92. The fourth-order valence-electron chi connectivity index (χ4n) is 2.09. The molecule has 1 aliphatic carbocycles. The number of hydrogen-bond acceptors (Lipinski definition) is 4. The van der Waals surface area contributed by atoms with Gasteiger partial charge in [0.2, 0.25) is 5.91 Å². The number of rotatable bonds is 2. The number of anilines is 1. The third kappa shape index (κ3) is 2.07. The van der Waals surface area contributed by atoms with Crippen molar-refractivity contribution in [3.63, 3.8) is 0 Å². The minimum Gasteiger partial charge on any atom is -0.301 e. The first kappa shape index (κ1) is 12.4. The number of nitrogens with one attached hydrogen (secondary N) is 1. The van der Waals surface area contributed by atoms with Crippen molar-refractivity contribution in [3.8, 4) is 6.07 Å². The number of carbonyl (C=O) groups is 1. The Morgan fingerprint density at radius 2 is 2.32 bits per heavy atom. The summed E-state index contributed by atoms with van der Waals surface area (Å²) in [4.78, 5) is 16.4. The number of nitrogens with zero attached hydrogens (tertiary/aromatic N) is 2. The molecular weight excluding hydrogens is 282 g/mol. The summed E-state index contributed by atoms with van der Waals surface area (Å²) in [6.45, 7) is 0. The van der Waals surface area contributed by atoms with Crippen LogP contribution in [0.25, 0.3) is 10.2 Å². The van der Waals surface area contributed by atoms with Crippen molar-refractivity contribution in [1.29, 1.82) is 5.26 Å². The Morgan fingerprint density at radius 1 is 1.53 bits per heavy atom. The third-order valence-corrected chi connectivity index (χ3v) is 4.60. The van der Waals surface area contributed by atoms with Gasteiger partial charge >= 0.3 is 0 Å². The van der Waals surface area contributed by atoms with Gasteiger partial charge in [-0.15, -0.1) is 0 Å². The third-order valence-electron chi connectivity index (χ3n) is 3.43. The fourth-order valence-corrected chi connectivity index (χ4v) is 3.23. The van der Waals surface area contributed by atoms with Crippen LogP contribution >= 0.6 is 22.9 Å². The molecule has 1 N–H and O–H groups in total. The van der Waals surface area contributed by atoms with Gasteiger partial charge in [-0.3, -0.25) is 4.79 Å². The molecule has 1 saturated carbocycles. The van der Waals surface area contributed by atoms with E-state index in [1.165, 1.54) is 11.3 Å². The maximum atomic E-state index is 12.1. The molecule has 96 valence electrons. The first-order valence-corrected chi connectivity index (χ1v) is 7.11. The number of halogens is 1. The molecule has 0 saturated heterocycles. The largest absolute Gasteiger partial charge is 0.301 e. The van der Waals surface area contributed by atoms with E-state index in [4.69, 9.17) is 16.9 Å². The van der Waals surface area contributed by atoms with Crippen molar-refractivity contribution < 1.29 is 4.79 Å². The monoisotopic (exact) mass is 291 g/mol. The number of nitriles is 1. The molecule has 19 heavy (non-hydrogen) atoms. The molecule has 0 atom stereocenters. The van der Waals surface area contributed by atoms with E-state index < -0.39 is 5.41 Å². The number of carbonyl (C=O) groups excluding carboxylic acids is 1. The summed E-state index contributed by atoms with van der Waals surface area (Å²) in [6.07, 6.45) is 2.19. The van der Waals surface area contributed by atoms with Gasteiger partial charge in [0.05, 0.1) is 16.3 Å². The molecule has 0 aliphatic heterocycles. The topological polar surface area (TPSA) is 65.8 Å². The molecule has 0 radical (unpaired) electrons. The van der Waals surface area contributed by atoms with Crippen LogP contribution in [-0.2, 0) is 4.79 Å². The van der Waals surface area contributed by atoms with Gasteiger partial charge in [-0.05, 0) is 37.5 Å². The standard InChI is InChI=1S/C13H10ClN3OS/c14-8-2-3-9-10(6-8)19-12(16-9)17-11(18)13(7-15)4-1-5-13/h2-3,6H,1,4-5H2,(H,16,17,18). The minimum absolute atomic E-state index is 0.244. The second-order valence-corrected chi connectivity index (χ2v) is 6.10. The van der Waals surface area contributed by atoms with Crippen LogP contribution in [0.1, 0.15) is 19.3 Å². The quantitative estimate of drug-likeness (QED) is 0.919. The van der Waals surface area contributed by atoms with Crippen molar-refractivity contribution in [2.75, 3.05) is 5.32 Å². The second kappa shape index (κ2) is 4.48. The first-order chi connectivity index (χ1) is 9.13. The number of hydrogen-bond donors (Lipinski definition) is 1. The molecule has 0 bridgehead atoms. The summed E-state index contributed by atoms with van der Waals surface area (Å²) in [6, 6.07) is 7.51. The van der Waals surface area contributed by atoms with E-state index in [1.54, 1.807) is 6.07 Å². The van der Waals surface area contributed by atoms with Gasteiger partial charge in [0.25, 0.3) is 0 Å². The van der Waals surface area contributed by atoms with Gasteiger partial charge in [0.15, 0.2) is 5.13 Å². The normalized spacial score (nSPS) is 16.6. The molecule has 6 heteroatoms. The number of thiazole rings is 1. The average Bonchev–Trinajstić information content (AvgIpc) is 2.69. The molecule has 1 heterocycles. The van der Waals surface area contributed by atoms with Gasteiger partial charge in [-0.2, -0.15) is 5.26 Å². The second-order valence-electron chi connectivity index (χ2n) is 4.63. The molecule has 1 amide bonds.